The highest BCUT2D eigenvalue weighted by atomic mass is 16.5. The zero-order chi connectivity index (χ0) is 14.3. The summed E-state index contributed by atoms with van der Waals surface area (Å²) in [5, 5.41) is 9.27. The van der Waals surface area contributed by atoms with Crippen molar-refractivity contribution >= 4 is 11.8 Å². The topological polar surface area (TPSA) is 63.6 Å². The van der Waals surface area contributed by atoms with E-state index in [0.29, 0.717) is 19.4 Å². The summed E-state index contributed by atoms with van der Waals surface area (Å²) in [6.45, 7) is 3.97. The van der Waals surface area contributed by atoms with Crippen molar-refractivity contribution in [3.05, 3.63) is 24.3 Å². The molecule has 4 nitrogen and oxygen atoms in total. The number of ketones is 1. The number of aliphatic carboxylic acids is 1. The number of carboxylic acid groups (broad SMARTS) is 1. The summed E-state index contributed by atoms with van der Waals surface area (Å²) in [7, 11) is 0. The molecule has 1 N–H and O–H groups in total. The molecule has 0 fully saturated rings. The van der Waals surface area contributed by atoms with Crippen LogP contribution in [0.1, 0.15) is 39.5 Å². The summed E-state index contributed by atoms with van der Waals surface area (Å²) < 4.78 is 5.85. The maximum atomic E-state index is 11.3. The van der Waals surface area contributed by atoms with Gasteiger partial charge in [-0.3, -0.25) is 4.79 Å². The molecule has 0 radical (unpaired) electrons. The molecular weight excluding hydrogens is 244 g/mol. The molecule has 0 heterocycles. The van der Waals surface area contributed by atoms with Crippen LogP contribution in [0.3, 0.4) is 0 Å². The molecule has 2 atom stereocenters. The maximum absolute atomic E-state index is 11.3. The van der Waals surface area contributed by atoms with Crippen LogP contribution in [-0.4, -0.2) is 29.1 Å². The van der Waals surface area contributed by atoms with Gasteiger partial charge in [-0.2, -0.15) is 0 Å². The Morgan fingerprint density at radius 2 is 2.05 bits per heavy atom. The third kappa shape index (κ3) is 4.31. The number of carboxylic acids is 1. The largest absolute Gasteiger partial charge is 0.481 e. The number of hydrogen-bond acceptors (Lipinski definition) is 3. The van der Waals surface area contributed by atoms with E-state index in [4.69, 9.17) is 4.74 Å². The second kappa shape index (κ2) is 7.24. The van der Waals surface area contributed by atoms with Crippen LogP contribution in [0.2, 0.25) is 0 Å². The van der Waals surface area contributed by atoms with Crippen LogP contribution in [0.4, 0.5) is 0 Å². The molecule has 0 aromatic carbocycles. The molecule has 1 aliphatic rings. The van der Waals surface area contributed by atoms with E-state index < -0.39 is 17.5 Å². The Morgan fingerprint density at radius 3 is 2.63 bits per heavy atom. The van der Waals surface area contributed by atoms with Crippen LogP contribution in [0.5, 0.6) is 0 Å². The van der Waals surface area contributed by atoms with Gasteiger partial charge in [0.25, 0.3) is 0 Å². The average molecular weight is 266 g/mol. The number of Topliss-reactive ketones (excluding diaryl/α,β-unsaturated/α-hetero) is 1. The lowest BCUT2D eigenvalue weighted by Crippen LogP contribution is -2.43. The predicted octanol–water partition coefficient (Wildman–Crippen LogP) is 2.74. The van der Waals surface area contributed by atoms with Gasteiger partial charge in [-0.15, -0.1) is 0 Å². The Morgan fingerprint density at radius 1 is 1.32 bits per heavy atom. The first-order chi connectivity index (χ1) is 9.02. The second-order valence-electron chi connectivity index (χ2n) is 4.88. The summed E-state index contributed by atoms with van der Waals surface area (Å²) >= 11 is 0. The van der Waals surface area contributed by atoms with Gasteiger partial charge in [0.15, 0.2) is 0 Å². The van der Waals surface area contributed by atoms with Gasteiger partial charge in [0, 0.05) is 13.0 Å². The van der Waals surface area contributed by atoms with Crippen LogP contribution in [0.25, 0.3) is 0 Å². The zero-order valence-corrected chi connectivity index (χ0v) is 11.6. The van der Waals surface area contributed by atoms with Crippen molar-refractivity contribution in [2.45, 2.75) is 45.1 Å². The van der Waals surface area contributed by atoms with Crippen molar-refractivity contribution < 1.29 is 19.4 Å². The highest BCUT2D eigenvalue weighted by Gasteiger charge is 2.40. The second-order valence-corrected chi connectivity index (χ2v) is 4.88. The first-order valence-corrected chi connectivity index (χ1v) is 6.74. The molecule has 2 unspecified atom stereocenters. The Kier molecular flexibility index (Phi) is 5.96. The molecule has 0 saturated heterocycles. The predicted molar refractivity (Wildman–Crippen MR) is 72.9 cm³/mol. The van der Waals surface area contributed by atoms with E-state index in [9.17, 15) is 14.7 Å². The summed E-state index contributed by atoms with van der Waals surface area (Å²) in [6, 6.07) is 0. The van der Waals surface area contributed by atoms with Gasteiger partial charge in [-0.05, 0) is 26.2 Å². The number of hydrogen-bond donors (Lipinski definition) is 1. The molecular formula is C15H22O4. The van der Waals surface area contributed by atoms with Gasteiger partial charge in [-0.1, -0.05) is 31.2 Å². The monoisotopic (exact) mass is 266 g/mol. The molecule has 0 bridgehead atoms. The van der Waals surface area contributed by atoms with Crippen LogP contribution < -0.4 is 0 Å². The molecule has 0 aromatic rings. The quantitative estimate of drug-likeness (QED) is 0.686. The Balaban J connectivity index is 2.54. The van der Waals surface area contributed by atoms with E-state index in [0.717, 1.165) is 12.8 Å². The zero-order valence-electron chi connectivity index (χ0n) is 11.6. The summed E-state index contributed by atoms with van der Waals surface area (Å²) in [5.74, 6) is -1.34. The number of carbonyl (C=O) groups excluding carboxylic acids is 1. The molecule has 0 aromatic heterocycles. The third-order valence-electron chi connectivity index (χ3n) is 3.43. The number of allylic oxidation sites excluding steroid dienone is 2. The van der Waals surface area contributed by atoms with Crippen molar-refractivity contribution in [1.82, 2.24) is 0 Å². The van der Waals surface area contributed by atoms with E-state index in [-0.39, 0.29) is 5.78 Å². The summed E-state index contributed by atoms with van der Waals surface area (Å²) in [5.41, 5.74) is -0.753. The summed E-state index contributed by atoms with van der Waals surface area (Å²) in [4.78, 5) is 22.1. The Bertz CT molecular complexity index is 384. The fourth-order valence-corrected chi connectivity index (χ4v) is 2.27. The maximum Gasteiger partial charge on any atom is 0.313 e. The highest BCUT2D eigenvalue weighted by molar-refractivity contribution is 5.75. The molecule has 0 amide bonds. The van der Waals surface area contributed by atoms with E-state index in [1.165, 1.54) is 0 Å². The molecule has 1 rings (SSSR count). The lowest BCUT2D eigenvalue weighted by Gasteiger charge is -2.35. The minimum atomic E-state index is -0.869. The van der Waals surface area contributed by atoms with Crippen molar-refractivity contribution in [3.63, 3.8) is 0 Å². The normalized spacial score (nSPS) is 25.5. The van der Waals surface area contributed by atoms with E-state index in [1.54, 1.807) is 19.1 Å². The average Bonchev–Trinajstić information content (AvgIpc) is 2.38. The van der Waals surface area contributed by atoms with Crippen molar-refractivity contribution in [2.75, 3.05) is 6.61 Å². The van der Waals surface area contributed by atoms with Gasteiger partial charge in [-0.25, -0.2) is 0 Å². The number of unbranched alkanes of at least 4 members (excludes halogenated alkanes) is 1. The van der Waals surface area contributed by atoms with Crippen molar-refractivity contribution in [1.29, 1.82) is 0 Å². The van der Waals surface area contributed by atoms with Crippen LogP contribution in [0, 0.1) is 5.92 Å². The van der Waals surface area contributed by atoms with E-state index in [2.05, 4.69) is 0 Å². The molecule has 1 aliphatic carbocycles. The Hall–Kier alpha value is -1.42. The first kappa shape index (κ1) is 15.6. The van der Waals surface area contributed by atoms with Crippen molar-refractivity contribution in [2.24, 2.45) is 5.92 Å². The van der Waals surface area contributed by atoms with Crippen LogP contribution >= 0.6 is 0 Å². The first-order valence-electron chi connectivity index (χ1n) is 6.74. The molecule has 0 saturated carbocycles. The SMILES string of the molecule is CCC1(OCCCCC(C)=O)C=CC=CC1C(=O)O. The molecule has 0 spiro atoms. The smallest absolute Gasteiger partial charge is 0.313 e. The van der Waals surface area contributed by atoms with Crippen LogP contribution in [-0.2, 0) is 14.3 Å². The van der Waals surface area contributed by atoms with E-state index >= 15 is 0 Å². The molecule has 4 heteroatoms. The van der Waals surface area contributed by atoms with Gasteiger partial charge >= 0.3 is 5.97 Å². The minimum Gasteiger partial charge on any atom is -0.481 e. The van der Waals surface area contributed by atoms with Gasteiger partial charge in [0.05, 0.1) is 0 Å². The van der Waals surface area contributed by atoms with Crippen LogP contribution in [0.15, 0.2) is 24.3 Å². The third-order valence-corrected chi connectivity index (χ3v) is 3.43. The molecule has 106 valence electrons. The number of rotatable bonds is 8. The van der Waals surface area contributed by atoms with E-state index in [1.807, 2.05) is 19.1 Å². The number of ether oxygens (including phenoxy) is 1. The molecule has 19 heavy (non-hydrogen) atoms. The Labute approximate surface area is 114 Å². The fourth-order valence-electron chi connectivity index (χ4n) is 2.27. The van der Waals surface area contributed by atoms with Gasteiger partial charge in [0.2, 0.25) is 0 Å². The van der Waals surface area contributed by atoms with Crippen molar-refractivity contribution in [3.8, 4) is 0 Å². The van der Waals surface area contributed by atoms with Gasteiger partial charge < -0.3 is 14.6 Å². The lowest BCUT2D eigenvalue weighted by atomic mass is 9.81. The highest BCUT2D eigenvalue weighted by Crippen LogP contribution is 2.32. The fraction of sp³-hybridized carbons (Fsp3) is 0.600. The summed E-state index contributed by atoms with van der Waals surface area (Å²) in [6.07, 6.45) is 9.79. The lowest BCUT2D eigenvalue weighted by molar-refractivity contribution is -0.150. The van der Waals surface area contributed by atoms with Gasteiger partial charge in [0.1, 0.15) is 17.3 Å². The molecule has 0 aliphatic heterocycles. The number of carbonyl (C=O) groups is 2. The minimum absolute atomic E-state index is 0.175. The standard InChI is InChI=1S/C15H22O4/c1-3-15(19-11-7-5-8-12(2)16)10-6-4-9-13(15)14(17)18/h4,6,9-10,13H,3,5,7-8,11H2,1-2H3,(H,17,18).